The second-order valence-electron chi connectivity index (χ2n) is 4.53. The van der Waals surface area contributed by atoms with Crippen molar-refractivity contribution in [2.75, 3.05) is 0 Å². The van der Waals surface area contributed by atoms with Gasteiger partial charge in [0.15, 0.2) is 0 Å². The molecule has 4 heteroatoms. The summed E-state index contributed by atoms with van der Waals surface area (Å²) in [7, 11) is 0. The highest BCUT2D eigenvalue weighted by Gasteiger charge is 2.16. The van der Waals surface area contributed by atoms with E-state index < -0.39 is 0 Å². The van der Waals surface area contributed by atoms with E-state index in [1.54, 1.807) is 6.92 Å². The summed E-state index contributed by atoms with van der Waals surface area (Å²) in [4.78, 5) is 12.7. The fourth-order valence-electron chi connectivity index (χ4n) is 2.31. The van der Waals surface area contributed by atoms with Crippen molar-refractivity contribution in [1.82, 2.24) is 0 Å². The van der Waals surface area contributed by atoms with Crippen molar-refractivity contribution < 1.29 is 9.52 Å². The Hall–Kier alpha value is -2.26. The minimum absolute atomic E-state index is 0.0301. The molecule has 0 amide bonds. The normalized spacial score (nSPS) is 10.9. The maximum atomic E-state index is 12.7. The Balaban J connectivity index is 2.44. The predicted octanol–water partition coefficient (Wildman–Crippen LogP) is 4.13. The SMILES string of the molecule is Cc1oc2cc(O)cc(Cl)c2c(=O)c1-c1ccccc1. The number of benzene rings is 2. The van der Waals surface area contributed by atoms with Gasteiger partial charge in [0.25, 0.3) is 0 Å². The van der Waals surface area contributed by atoms with E-state index in [0.29, 0.717) is 11.3 Å². The van der Waals surface area contributed by atoms with Crippen molar-refractivity contribution in [2.45, 2.75) is 6.92 Å². The van der Waals surface area contributed by atoms with Gasteiger partial charge in [-0.2, -0.15) is 0 Å². The molecular weight excluding hydrogens is 276 g/mol. The van der Waals surface area contributed by atoms with Crippen LogP contribution in [-0.4, -0.2) is 5.11 Å². The minimum atomic E-state index is -0.194. The molecule has 0 fully saturated rings. The molecule has 0 aliphatic rings. The molecule has 0 spiro atoms. The first-order chi connectivity index (χ1) is 9.58. The molecule has 0 aliphatic heterocycles. The Bertz CT molecular complexity index is 851. The molecule has 0 saturated carbocycles. The molecule has 0 unspecified atom stereocenters. The smallest absolute Gasteiger partial charge is 0.202 e. The summed E-state index contributed by atoms with van der Waals surface area (Å²) in [5.41, 5.74) is 1.37. The highest BCUT2D eigenvalue weighted by Crippen LogP contribution is 2.30. The topological polar surface area (TPSA) is 50.4 Å². The summed E-state index contributed by atoms with van der Waals surface area (Å²) in [6, 6.07) is 12.0. The average molecular weight is 287 g/mol. The molecule has 1 aromatic heterocycles. The van der Waals surface area contributed by atoms with Gasteiger partial charge in [0, 0.05) is 6.07 Å². The van der Waals surface area contributed by atoms with E-state index in [0.717, 1.165) is 5.56 Å². The zero-order chi connectivity index (χ0) is 14.3. The van der Waals surface area contributed by atoms with E-state index in [1.807, 2.05) is 30.3 Å². The second-order valence-corrected chi connectivity index (χ2v) is 4.94. The van der Waals surface area contributed by atoms with Gasteiger partial charge in [0.2, 0.25) is 5.43 Å². The van der Waals surface area contributed by atoms with Gasteiger partial charge in [0.05, 0.1) is 16.0 Å². The van der Waals surface area contributed by atoms with Crippen LogP contribution in [-0.2, 0) is 0 Å². The number of aromatic hydroxyl groups is 1. The molecule has 0 atom stereocenters. The molecule has 0 radical (unpaired) electrons. The molecule has 1 N–H and O–H groups in total. The van der Waals surface area contributed by atoms with Crippen LogP contribution in [0.4, 0.5) is 0 Å². The molecular formula is C16H11ClO3. The predicted molar refractivity (Wildman–Crippen MR) is 79.3 cm³/mol. The Kier molecular flexibility index (Phi) is 2.99. The number of fused-ring (bicyclic) bond motifs is 1. The van der Waals surface area contributed by atoms with Gasteiger partial charge in [-0.25, -0.2) is 0 Å². The number of aryl methyl sites for hydroxylation is 1. The quantitative estimate of drug-likeness (QED) is 0.732. The van der Waals surface area contributed by atoms with Gasteiger partial charge < -0.3 is 9.52 Å². The maximum absolute atomic E-state index is 12.7. The molecule has 2 aromatic carbocycles. The number of phenols is 1. The van der Waals surface area contributed by atoms with Crippen molar-refractivity contribution in [3.05, 3.63) is 63.5 Å². The molecule has 0 saturated heterocycles. The van der Waals surface area contributed by atoms with Crippen LogP contribution in [0.15, 0.2) is 51.7 Å². The zero-order valence-corrected chi connectivity index (χ0v) is 11.4. The Labute approximate surface area is 120 Å². The summed E-state index contributed by atoms with van der Waals surface area (Å²) >= 11 is 6.06. The Morgan fingerprint density at radius 1 is 1.15 bits per heavy atom. The largest absolute Gasteiger partial charge is 0.508 e. The van der Waals surface area contributed by atoms with E-state index in [-0.39, 0.29) is 27.2 Å². The third-order valence-electron chi connectivity index (χ3n) is 3.17. The second kappa shape index (κ2) is 4.69. The van der Waals surface area contributed by atoms with E-state index in [9.17, 15) is 9.90 Å². The third-order valence-corrected chi connectivity index (χ3v) is 3.47. The lowest BCUT2D eigenvalue weighted by Crippen LogP contribution is -2.07. The summed E-state index contributed by atoms with van der Waals surface area (Å²) in [5.74, 6) is 0.466. The maximum Gasteiger partial charge on any atom is 0.202 e. The highest BCUT2D eigenvalue weighted by molar-refractivity contribution is 6.35. The molecule has 0 bridgehead atoms. The van der Waals surface area contributed by atoms with Gasteiger partial charge >= 0.3 is 0 Å². The molecule has 20 heavy (non-hydrogen) atoms. The standard InChI is InChI=1S/C16H11ClO3/c1-9-14(10-5-3-2-4-6-10)16(19)15-12(17)7-11(18)8-13(15)20-9/h2-8,18H,1H3. The molecule has 3 rings (SSSR count). The van der Waals surface area contributed by atoms with Crippen LogP contribution in [0.25, 0.3) is 22.1 Å². The fraction of sp³-hybridized carbons (Fsp3) is 0.0625. The van der Waals surface area contributed by atoms with Crippen LogP contribution < -0.4 is 5.43 Å². The molecule has 0 aliphatic carbocycles. The summed E-state index contributed by atoms with van der Waals surface area (Å²) < 4.78 is 5.65. The van der Waals surface area contributed by atoms with Crippen molar-refractivity contribution in [3.63, 3.8) is 0 Å². The van der Waals surface area contributed by atoms with Gasteiger partial charge in [0.1, 0.15) is 17.1 Å². The number of hydrogen-bond donors (Lipinski definition) is 1. The first-order valence-corrected chi connectivity index (χ1v) is 6.47. The number of rotatable bonds is 1. The first kappa shape index (κ1) is 12.8. The van der Waals surface area contributed by atoms with E-state index >= 15 is 0 Å². The zero-order valence-electron chi connectivity index (χ0n) is 10.7. The lowest BCUT2D eigenvalue weighted by Gasteiger charge is -2.08. The van der Waals surface area contributed by atoms with Gasteiger partial charge in [-0.15, -0.1) is 0 Å². The van der Waals surface area contributed by atoms with Crippen LogP contribution >= 0.6 is 11.6 Å². The Morgan fingerprint density at radius 3 is 2.55 bits per heavy atom. The van der Waals surface area contributed by atoms with Crippen molar-refractivity contribution in [2.24, 2.45) is 0 Å². The number of phenolic OH excluding ortho intramolecular Hbond substituents is 1. The number of halogens is 1. The van der Waals surface area contributed by atoms with Crippen molar-refractivity contribution >= 4 is 22.6 Å². The molecule has 3 nitrogen and oxygen atoms in total. The molecule has 3 aromatic rings. The summed E-state index contributed by atoms with van der Waals surface area (Å²) in [6.45, 7) is 1.72. The van der Waals surface area contributed by atoms with Crippen LogP contribution in [0.5, 0.6) is 5.75 Å². The van der Waals surface area contributed by atoms with Crippen LogP contribution in [0.2, 0.25) is 5.02 Å². The lowest BCUT2D eigenvalue weighted by molar-refractivity contribution is 0.473. The van der Waals surface area contributed by atoms with Gasteiger partial charge in [-0.1, -0.05) is 41.9 Å². The highest BCUT2D eigenvalue weighted by atomic mass is 35.5. The van der Waals surface area contributed by atoms with E-state index in [2.05, 4.69) is 0 Å². The average Bonchev–Trinajstić information content (AvgIpc) is 2.38. The van der Waals surface area contributed by atoms with Crippen molar-refractivity contribution in [1.29, 1.82) is 0 Å². The van der Waals surface area contributed by atoms with Gasteiger partial charge in [-0.05, 0) is 18.6 Å². The van der Waals surface area contributed by atoms with E-state index in [1.165, 1.54) is 12.1 Å². The van der Waals surface area contributed by atoms with Gasteiger partial charge in [-0.3, -0.25) is 4.79 Å². The molecule has 100 valence electrons. The lowest BCUT2D eigenvalue weighted by atomic mass is 10.0. The Morgan fingerprint density at radius 2 is 1.85 bits per heavy atom. The summed E-state index contributed by atoms with van der Waals surface area (Å²) in [6.07, 6.45) is 0. The van der Waals surface area contributed by atoms with Crippen molar-refractivity contribution in [3.8, 4) is 16.9 Å². The molecule has 1 heterocycles. The van der Waals surface area contributed by atoms with E-state index in [4.69, 9.17) is 16.0 Å². The van der Waals surface area contributed by atoms with Crippen LogP contribution in [0, 0.1) is 6.92 Å². The monoisotopic (exact) mass is 286 g/mol. The van der Waals surface area contributed by atoms with Crippen LogP contribution in [0.3, 0.4) is 0 Å². The van der Waals surface area contributed by atoms with Crippen LogP contribution in [0.1, 0.15) is 5.76 Å². The first-order valence-electron chi connectivity index (χ1n) is 6.09. The third kappa shape index (κ3) is 1.96. The summed E-state index contributed by atoms with van der Waals surface area (Å²) in [5, 5.41) is 10.0. The fourth-order valence-corrected chi connectivity index (χ4v) is 2.60. The minimum Gasteiger partial charge on any atom is -0.508 e. The number of hydrogen-bond acceptors (Lipinski definition) is 3.